The lowest BCUT2D eigenvalue weighted by molar-refractivity contribution is -0.156. The number of methoxy groups -OCH3 is 1. The number of benzene rings is 2. The Morgan fingerprint density at radius 1 is 1.08 bits per heavy atom. The van der Waals surface area contributed by atoms with Crippen LogP contribution < -0.4 is 33.5 Å². The van der Waals surface area contributed by atoms with Gasteiger partial charge in [-0.25, -0.2) is 23.9 Å². The number of ether oxygens (including phenoxy) is 2. The first-order chi connectivity index (χ1) is 17.5. The maximum absolute atomic E-state index is 13.5. The van der Waals surface area contributed by atoms with E-state index in [0.29, 0.717) is 22.0 Å². The molecule has 0 amide bonds. The zero-order valence-electron chi connectivity index (χ0n) is 20.9. The number of nitrogens with zero attached hydrogens (tertiary/aromatic N) is 4. The van der Waals surface area contributed by atoms with E-state index in [2.05, 4.69) is 9.83 Å². The van der Waals surface area contributed by atoms with Gasteiger partial charge in [0.1, 0.15) is 5.75 Å². The van der Waals surface area contributed by atoms with Crippen LogP contribution in [0.1, 0.15) is 25.0 Å². The van der Waals surface area contributed by atoms with Crippen molar-refractivity contribution >= 4 is 23.3 Å². The predicted octanol–water partition coefficient (Wildman–Crippen LogP) is 0.987. The van der Waals surface area contributed by atoms with Gasteiger partial charge in [-0.3, -0.25) is 4.57 Å². The summed E-state index contributed by atoms with van der Waals surface area (Å²) in [4.78, 5) is 47.3. The fourth-order valence-electron chi connectivity index (χ4n) is 3.53. The molecule has 0 radical (unpaired) electrons. The molecule has 13 heteroatoms. The molecule has 0 spiro atoms. The Morgan fingerprint density at radius 3 is 2.32 bits per heavy atom. The van der Waals surface area contributed by atoms with Gasteiger partial charge in [-0.05, 0) is 62.2 Å². The summed E-state index contributed by atoms with van der Waals surface area (Å²) in [5, 5.41) is 0.516. The van der Waals surface area contributed by atoms with Crippen molar-refractivity contribution in [3.8, 4) is 5.75 Å². The van der Waals surface area contributed by atoms with Crippen LogP contribution in [0.3, 0.4) is 0 Å². The second-order valence-electron chi connectivity index (χ2n) is 8.45. The molecular formula is C24H29ClN6O6. The second kappa shape index (κ2) is 11.9. The normalized spacial score (nSPS) is 12.6. The van der Waals surface area contributed by atoms with Gasteiger partial charge in [0, 0.05) is 12.1 Å². The highest BCUT2D eigenvalue weighted by atomic mass is 35.5. The van der Waals surface area contributed by atoms with E-state index in [-0.39, 0.29) is 18.3 Å². The van der Waals surface area contributed by atoms with Gasteiger partial charge in [0.05, 0.1) is 24.9 Å². The molecule has 0 saturated carbocycles. The smallest absolute Gasteiger partial charge is 0.355 e. The van der Waals surface area contributed by atoms with Crippen LogP contribution in [0.15, 0.2) is 57.0 Å². The van der Waals surface area contributed by atoms with E-state index in [1.807, 2.05) is 20.8 Å². The number of rotatable bonds is 9. The maximum atomic E-state index is 13.5. The van der Waals surface area contributed by atoms with Crippen LogP contribution in [-0.4, -0.2) is 39.1 Å². The van der Waals surface area contributed by atoms with Crippen molar-refractivity contribution in [3.05, 3.63) is 85.2 Å². The third kappa shape index (κ3) is 6.47. The lowest BCUT2D eigenvalue weighted by atomic mass is 10.2. The standard InChI is InChI=1S/C24H29ClN6O6/c1-14(2)36-19-10-9-18(11-15(19)3)28-22-29(12-16-5-7-17(25)8-6-16)23(33)30(24(34)31(22)26)13-20(35-4)21(32)37-27/h5-11,14,20H,12-13,26-27H2,1-4H3/b28-22-/t20-/m0/s1. The molecule has 0 aliphatic rings. The summed E-state index contributed by atoms with van der Waals surface area (Å²) in [6.45, 7) is 5.21. The molecule has 198 valence electrons. The summed E-state index contributed by atoms with van der Waals surface area (Å²) >= 11 is 6.00. The first-order valence-corrected chi connectivity index (χ1v) is 11.6. The number of hydrogen-bond acceptors (Lipinski definition) is 9. The van der Waals surface area contributed by atoms with Crippen LogP contribution in [0.25, 0.3) is 0 Å². The van der Waals surface area contributed by atoms with Gasteiger partial charge in [-0.15, -0.1) is 0 Å². The molecular weight excluding hydrogens is 504 g/mol. The van der Waals surface area contributed by atoms with Crippen LogP contribution >= 0.6 is 11.6 Å². The average molecular weight is 533 g/mol. The van der Waals surface area contributed by atoms with Gasteiger partial charge < -0.3 is 20.2 Å². The molecule has 1 heterocycles. The quantitative estimate of drug-likeness (QED) is 0.305. The van der Waals surface area contributed by atoms with Crippen LogP contribution in [-0.2, 0) is 27.5 Å². The zero-order chi connectivity index (χ0) is 27.3. The lowest BCUT2D eigenvalue weighted by Crippen LogP contribution is -2.58. The highest BCUT2D eigenvalue weighted by molar-refractivity contribution is 6.30. The van der Waals surface area contributed by atoms with E-state index < -0.39 is 30.0 Å². The minimum atomic E-state index is -1.32. The molecule has 0 saturated heterocycles. The van der Waals surface area contributed by atoms with E-state index in [1.54, 1.807) is 42.5 Å². The topological polar surface area (TPSA) is 158 Å². The third-order valence-electron chi connectivity index (χ3n) is 5.37. The summed E-state index contributed by atoms with van der Waals surface area (Å²) in [5.41, 5.74) is 0.128. The van der Waals surface area contributed by atoms with Crippen LogP contribution in [0.4, 0.5) is 5.69 Å². The largest absolute Gasteiger partial charge is 0.491 e. The van der Waals surface area contributed by atoms with Gasteiger partial charge in [0.25, 0.3) is 0 Å². The molecule has 12 nitrogen and oxygen atoms in total. The number of nitrogen functional groups attached to an aromatic ring is 1. The molecule has 0 unspecified atom stereocenters. The number of carbonyl (C=O) groups is 1. The molecule has 2 aromatic carbocycles. The summed E-state index contributed by atoms with van der Waals surface area (Å²) in [6.07, 6.45) is -1.34. The average Bonchev–Trinajstić information content (AvgIpc) is 2.87. The second-order valence-corrected chi connectivity index (χ2v) is 8.88. The fourth-order valence-corrected chi connectivity index (χ4v) is 3.66. The van der Waals surface area contributed by atoms with Crippen molar-refractivity contribution in [3.63, 3.8) is 0 Å². The van der Waals surface area contributed by atoms with Gasteiger partial charge >= 0.3 is 17.3 Å². The Balaban J connectivity index is 2.23. The number of nitrogens with two attached hydrogens (primary N) is 2. The zero-order valence-corrected chi connectivity index (χ0v) is 21.6. The number of hydrogen-bond donors (Lipinski definition) is 2. The monoisotopic (exact) mass is 532 g/mol. The highest BCUT2D eigenvalue weighted by Crippen LogP contribution is 2.24. The Bertz CT molecular complexity index is 1460. The van der Waals surface area contributed by atoms with Crippen molar-refractivity contribution in [2.45, 2.75) is 46.1 Å². The summed E-state index contributed by atoms with van der Waals surface area (Å²) in [5.74, 6) is 10.8. The van der Waals surface area contributed by atoms with Crippen molar-refractivity contribution in [2.24, 2.45) is 10.9 Å². The van der Waals surface area contributed by atoms with Crippen molar-refractivity contribution in [2.75, 3.05) is 13.0 Å². The molecule has 4 N–H and O–H groups in total. The van der Waals surface area contributed by atoms with Crippen molar-refractivity contribution in [1.29, 1.82) is 0 Å². The molecule has 37 heavy (non-hydrogen) atoms. The Hall–Kier alpha value is -3.87. The molecule has 1 atom stereocenters. The van der Waals surface area contributed by atoms with Gasteiger partial charge in [0.2, 0.25) is 5.62 Å². The van der Waals surface area contributed by atoms with Crippen LogP contribution in [0.5, 0.6) is 5.75 Å². The fraction of sp³-hybridized carbons (Fsp3) is 0.333. The molecule has 0 aliphatic heterocycles. The predicted molar refractivity (Wildman–Crippen MR) is 137 cm³/mol. The first-order valence-electron chi connectivity index (χ1n) is 11.3. The molecule has 3 aromatic rings. The molecule has 0 aliphatic carbocycles. The van der Waals surface area contributed by atoms with E-state index in [1.165, 1.54) is 11.7 Å². The minimum absolute atomic E-state index is 0.00116. The third-order valence-corrected chi connectivity index (χ3v) is 5.62. The highest BCUT2D eigenvalue weighted by Gasteiger charge is 2.24. The van der Waals surface area contributed by atoms with Crippen molar-refractivity contribution < 1.29 is 19.1 Å². The number of halogens is 1. The summed E-state index contributed by atoms with van der Waals surface area (Å²) in [7, 11) is 1.22. The lowest BCUT2D eigenvalue weighted by Gasteiger charge is -2.17. The summed E-state index contributed by atoms with van der Waals surface area (Å²) < 4.78 is 13.5. The van der Waals surface area contributed by atoms with Gasteiger partial charge in [0.15, 0.2) is 6.10 Å². The minimum Gasteiger partial charge on any atom is -0.491 e. The van der Waals surface area contributed by atoms with E-state index in [0.717, 1.165) is 14.8 Å². The Morgan fingerprint density at radius 2 is 1.76 bits per heavy atom. The Labute approximate surface area is 217 Å². The maximum Gasteiger partial charge on any atom is 0.355 e. The number of carbonyl (C=O) groups excluding carboxylic acids is 1. The molecule has 0 bridgehead atoms. The van der Waals surface area contributed by atoms with Crippen LogP contribution in [0.2, 0.25) is 5.02 Å². The summed E-state index contributed by atoms with van der Waals surface area (Å²) in [6, 6.07) is 12.0. The van der Waals surface area contributed by atoms with Crippen molar-refractivity contribution in [1.82, 2.24) is 13.8 Å². The number of aryl methyl sites for hydroxylation is 1. The van der Waals surface area contributed by atoms with Crippen LogP contribution in [0, 0.1) is 6.92 Å². The van der Waals surface area contributed by atoms with E-state index >= 15 is 0 Å². The van der Waals surface area contributed by atoms with Gasteiger partial charge in [-0.1, -0.05) is 23.7 Å². The SMILES string of the molecule is CO[C@@H](Cn1c(=O)n(N)/c(=N\c2ccc(OC(C)C)c(C)c2)n(Cc2ccc(Cl)cc2)c1=O)C(=O)ON. The molecule has 3 rings (SSSR count). The Kier molecular flexibility index (Phi) is 8.92. The number of aromatic nitrogens is 3. The molecule has 0 fully saturated rings. The van der Waals surface area contributed by atoms with E-state index in [9.17, 15) is 14.4 Å². The van der Waals surface area contributed by atoms with Gasteiger partial charge in [-0.2, -0.15) is 10.6 Å². The molecule has 1 aromatic heterocycles. The first kappa shape index (κ1) is 27.7. The van der Waals surface area contributed by atoms with E-state index in [4.69, 9.17) is 32.8 Å².